The number of amides is 1. The number of carbonyl (C=O) groups is 3. The third-order valence-corrected chi connectivity index (χ3v) is 6.41. The van der Waals surface area contributed by atoms with Crippen LogP contribution in [0, 0.1) is 6.92 Å². The van der Waals surface area contributed by atoms with E-state index < -0.39 is 11.5 Å². The maximum Gasteiger partial charge on any atom is 0.348 e. The zero-order chi connectivity index (χ0) is 23.0. The van der Waals surface area contributed by atoms with Crippen molar-refractivity contribution < 1.29 is 23.9 Å². The molecule has 0 spiro atoms. The molecule has 10 heteroatoms. The van der Waals surface area contributed by atoms with Gasteiger partial charge in [0.15, 0.2) is 12.4 Å². The fraction of sp³-hybridized carbons (Fsp3) is 0.318. The summed E-state index contributed by atoms with van der Waals surface area (Å²) >= 11 is 1.09. The molecular formula is C22H21N3O6S. The molecule has 1 amide bonds. The lowest BCUT2D eigenvalue weighted by Crippen LogP contribution is -2.38. The van der Waals surface area contributed by atoms with E-state index in [0.29, 0.717) is 44.2 Å². The molecule has 1 aliphatic rings. The van der Waals surface area contributed by atoms with Crippen molar-refractivity contribution in [2.24, 2.45) is 0 Å². The van der Waals surface area contributed by atoms with Crippen LogP contribution in [0.25, 0.3) is 10.2 Å². The molecule has 1 aliphatic heterocycles. The molecule has 0 N–H and O–H groups in total. The van der Waals surface area contributed by atoms with E-state index in [1.807, 2.05) is 6.92 Å². The molecule has 0 saturated heterocycles. The van der Waals surface area contributed by atoms with Crippen molar-refractivity contribution in [2.75, 3.05) is 24.7 Å². The maximum absolute atomic E-state index is 13.0. The second kappa shape index (κ2) is 8.54. The van der Waals surface area contributed by atoms with Crippen molar-refractivity contribution in [3.63, 3.8) is 0 Å². The third-order valence-electron chi connectivity index (χ3n) is 5.23. The quantitative estimate of drug-likeness (QED) is 0.415. The van der Waals surface area contributed by atoms with Gasteiger partial charge in [0, 0.05) is 12.1 Å². The van der Waals surface area contributed by atoms with Crippen LogP contribution in [0.1, 0.15) is 39.4 Å². The summed E-state index contributed by atoms with van der Waals surface area (Å²) in [6.07, 6.45) is 1.30. The molecule has 3 heterocycles. The summed E-state index contributed by atoms with van der Waals surface area (Å²) in [6, 6.07) is 4.86. The van der Waals surface area contributed by atoms with Gasteiger partial charge in [0.25, 0.3) is 11.5 Å². The van der Waals surface area contributed by atoms with Gasteiger partial charge < -0.3 is 14.4 Å². The highest BCUT2D eigenvalue weighted by molar-refractivity contribution is 7.20. The van der Waals surface area contributed by atoms with Gasteiger partial charge in [-0.15, -0.1) is 11.3 Å². The molecule has 32 heavy (non-hydrogen) atoms. The Bertz CT molecular complexity index is 1310. The van der Waals surface area contributed by atoms with Gasteiger partial charge in [0.2, 0.25) is 0 Å². The minimum Gasteiger partial charge on any atom is -0.482 e. The highest BCUT2D eigenvalue weighted by Gasteiger charge is 2.26. The Morgan fingerprint density at radius 1 is 1.25 bits per heavy atom. The number of aryl methyl sites for hydroxylation is 1. The molecular weight excluding hydrogens is 434 g/mol. The van der Waals surface area contributed by atoms with Crippen molar-refractivity contribution in [3.8, 4) is 5.75 Å². The van der Waals surface area contributed by atoms with Gasteiger partial charge in [-0.05, 0) is 44.5 Å². The molecule has 0 unspecified atom stereocenters. The lowest BCUT2D eigenvalue weighted by Gasteiger charge is -2.28. The molecule has 4 rings (SSSR count). The van der Waals surface area contributed by atoms with Gasteiger partial charge >= 0.3 is 5.97 Å². The van der Waals surface area contributed by atoms with Crippen LogP contribution in [0.15, 0.2) is 29.3 Å². The number of Topliss-reactive ketones (excluding diaryl/α,β-unsaturated/α-hetero) is 1. The predicted octanol–water partition coefficient (Wildman–Crippen LogP) is 2.57. The SMILES string of the molecule is CCOC(=O)c1sc2ncn(CC(=O)c3ccc4c(c3)N(CC)C(=O)CO4)c(=O)c2c1C. The Kier molecular flexibility index (Phi) is 5.79. The maximum atomic E-state index is 13.0. The van der Waals surface area contributed by atoms with E-state index in [1.54, 1.807) is 36.9 Å². The summed E-state index contributed by atoms with van der Waals surface area (Å²) in [5.41, 5.74) is 0.968. The number of esters is 1. The smallest absolute Gasteiger partial charge is 0.348 e. The monoisotopic (exact) mass is 455 g/mol. The molecule has 9 nitrogen and oxygen atoms in total. The Morgan fingerprint density at radius 2 is 2.03 bits per heavy atom. The standard InChI is InChI=1S/C22H21N3O6S/c1-4-25-14-8-13(6-7-16(14)31-10-17(25)27)15(26)9-24-11-23-20-18(21(24)28)12(3)19(32-20)22(29)30-5-2/h6-8,11H,4-5,9-10H2,1-3H3. The number of thiophene rings is 1. The minimum atomic E-state index is -0.499. The summed E-state index contributed by atoms with van der Waals surface area (Å²) in [5, 5.41) is 0.301. The normalized spacial score (nSPS) is 13.1. The predicted molar refractivity (Wildman–Crippen MR) is 119 cm³/mol. The van der Waals surface area contributed by atoms with E-state index in [4.69, 9.17) is 9.47 Å². The summed E-state index contributed by atoms with van der Waals surface area (Å²) in [5.74, 6) is -0.464. The highest BCUT2D eigenvalue weighted by Crippen LogP contribution is 2.33. The van der Waals surface area contributed by atoms with Crippen LogP contribution in [-0.4, -0.2) is 47.0 Å². The number of anilines is 1. The number of benzene rings is 1. The number of carbonyl (C=O) groups excluding carboxylic acids is 3. The number of rotatable bonds is 6. The number of likely N-dealkylation sites (N-methyl/N-ethyl adjacent to an activating group) is 1. The van der Waals surface area contributed by atoms with Crippen molar-refractivity contribution in [2.45, 2.75) is 27.3 Å². The fourth-order valence-electron chi connectivity index (χ4n) is 3.63. The van der Waals surface area contributed by atoms with Crippen molar-refractivity contribution in [1.29, 1.82) is 0 Å². The number of hydrogen-bond donors (Lipinski definition) is 0. The van der Waals surface area contributed by atoms with Crippen LogP contribution in [0.4, 0.5) is 5.69 Å². The van der Waals surface area contributed by atoms with Gasteiger partial charge in [-0.2, -0.15) is 0 Å². The topological polar surface area (TPSA) is 108 Å². The molecule has 0 atom stereocenters. The number of fused-ring (bicyclic) bond motifs is 2. The third kappa shape index (κ3) is 3.66. The van der Waals surface area contributed by atoms with Gasteiger partial charge in [-0.25, -0.2) is 9.78 Å². The first-order chi connectivity index (χ1) is 15.3. The average Bonchev–Trinajstić information content (AvgIpc) is 3.12. The van der Waals surface area contributed by atoms with Crippen molar-refractivity contribution in [1.82, 2.24) is 9.55 Å². The summed E-state index contributed by atoms with van der Waals surface area (Å²) in [6.45, 7) is 5.63. The highest BCUT2D eigenvalue weighted by atomic mass is 32.1. The van der Waals surface area contributed by atoms with Crippen molar-refractivity contribution in [3.05, 3.63) is 50.9 Å². The summed E-state index contributed by atoms with van der Waals surface area (Å²) < 4.78 is 11.7. The Labute approximate surface area is 187 Å². The van der Waals surface area contributed by atoms with Gasteiger partial charge in [0.1, 0.15) is 15.5 Å². The number of hydrogen-bond acceptors (Lipinski definition) is 8. The number of aromatic nitrogens is 2. The largest absolute Gasteiger partial charge is 0.482 e. The van der Waals surface area contributed by atoms with E-state index in [-0.39, 0.29) is 31.4 Å². The van der Waals surface area contributed by atoms with Crippen LogP contribution in [0.5, 0.6) is 5.75 Å². The molecule has 2 aromatic heterocycles. The lowest BCUT2D eigenvalue weighted by molar-refractivity contribution is -0.121. The number of ether oxygens (including phenoxy) is 2. The second-order valence-corrected chi connectivity index (χ2v) is 8.17. The number of ketones is 1. The molecule has 0 saturated carbocycles. The zero-order valence-electron chi connectivity index (χ0n) is 17.8. The van der Waals surface area contributed by atoms with E-state index >= 15 is 0 Å². The molecule has 166 valence electrons. The molecule has 0 aliphatic carbocycles. The first kappa shape index (κ1) is 21.7. The molecule has 1 aromatic carbocycles. The Morgan fingerprint density at radius 3 is 2.75 bits per heavy atom. The van der Waals surface area contributed by atoms with Crippen LogP contribution in [0.3, 0.4) is 0 Å². The first-order valence-corrected chi connectivity index (χ1v) is 10.9. The molecule has 0 fully saturated rings. The van der Waals surface area contributed by atoms with Crippen LogP contribution >= 0.6 is 11.3 Å². The van der Waals surface area contributed by atoms with E-state index in [1.165, 1.54) is 10.9 Å². The average molecular weight is 455 g/mol. The Balaban J connectivity index is 1.66. The lowest BCUT2D eigenvalue weighted by atomic mass is 10.1. The van der Waals surface area contributed by atoms with E-state index in [2.05, 4.69) is 4.98 Å². The van der Waals surface area contributed by atoms with Crippen LogP contribution in [0.2, 0.25) is 0 Å². The van der Waals surface area contributed by atoms with Crippen LogP contribution < -0.4 is 15.2 Å². The first-order valence-electron chi connectivity index (χ1n) is 10.1. The summed E-state index contributed by atoms with van der Waals surface area (Å²) in [7, 11) is 0. The van der Waals surface area contributed by atoms with E-state index in [9.17, 15) is 19.2 Å². The van der Waals surface area contributed by atoms with Gasteiger partial charge in [0.05, 0.1) is 30.6 Å². The van der Waals surface area contributed by atoms with Gasteiger partial charge in [-0.3, -0.25) is 19.0 Å². The fourth-order valence-corrected chi connectivity index (χ4v) is 4.66. The molecule has 0 radical (unpaired) electrons. The Hall–Kier alpha value is -3.53. The molecule has 3 aromatic rings. The van der Waals surface area contributed by atoms with Crippen LogP contribution in [-0.2, 0) is 16.1 Å². The van der Waals surface area contributed by atoms with E-state index in [0.717, 1.165) is 11.3 Å². The number of nitrogens with zero attached hydrogens (tertiary/aromatic N) is 3. The van der Waals surface area contributed by atoms with Gasteiger partial charge in [-0.1, -0.05) is 0 Å². The second-order valence-electron chi connectivity index (χ2n) is 7.17. The minimum absolute atomic E-state index is 0.0387. The molecule has 0 bridgehead atoms. The van der Waals surface area contributed by atoms with Crippen molar-refractivity contribution >= 4 is 44.9 Å². The zero-order valence-corrected chi connectivity index (χ0v) is 18.7. The summed E-state index contributed by atoms with van der Waals surface area (Å²) in [4.78, 5) is 56.8.